The van der Waals surface area contributed by atoms with Gasteiger partial charge in [0.1, 0.15) is 12.3 Å². The first kappa shape index (κ1) is 10.3. The van der Waals surface area contributed by atoms with Crippen LogP contribution in [-0.4, -0.2) is 36.0 Å². The number of hydrogen-bond acceptors (Lipinski definition) is 3. The van der Waals surface area contributed by atoms with Crippen molar-refractivity contribution in [3.8, 4) is 0 Å². The number of amides is 1. The molecule has 0 aromatic heterocycles. The fourth-order valence-corrected chi connectivity index (χ4v) is 1.09. The van der Waals surface area contributed by atoms with Gasteiger partial charge in [-0.15, -0.1) is 0 Å². The molecular weight excluding hydrogens is 170 g/mol. The molecule has 1 fully saturated rings. The minimum atomic E-state index is -0.431. The summed E-state index contributed by atoms with van der Waals surface area (Å²) in [6, 6.07) is 0.120. The predicted octanol–water partition coefficient (Wildman–Crippen LogP) is 1.60. The molecule has 1 aliphatic heterocycles. The molecule has 0 aliphatic carbocycles. The largest absolute Gasteiger partial charge is 0.444 e. The molecule has 1 atom stereocenters. The van der Waals surface area contributed by atoms with Gasteiger partial charge in [0.2, 0.25) is 0 Å². The van der Waals surface area contributed by atoms with Crippen LogP contribution in [-0.2, 0) is 9.47 Å². The molecule has 0 spiro atoms. The molecule has 1 rings (SSSR count). The van der Waals surface area contributed by atoms with Crippen molar-refractivity contribution < 1.29 is 14.3 Å². The van der Waals surface area contributed by atoms with Crippen molar-refractivity contribution >= 4 is 6.09 Å². The zero-order valence-corrected chi connectivity index (χ0v) is 8.66. The minimum Gasteiger partial charge on any atom is -0.444 e. The Labute approximate surface area is 78.8 Å². The summed E-state index contributed by atoms with van der Waals surface area (Å²) in [5, 5.41) is 0. The Hall–Kier alpha value is -0.770. The van der Waals surface area contributed by atoms with E-state index in [1.165, 1.54) is 0 Å². The summed E-state index contributed by atoms with van der Waals surface area (Å²) in [6.45, 7) is 8.44. The molecule has 0 N–H and O–H groups in total. The average Bonchev–Trinajstić information content (AvgIpc) is 2.30. The zero-order valence-electron chi connectivity index (χ0n) is 8.66. The topological polar surface area (TPSA) is 38.8 Å². The van der Waals surface area contributed by atoms with Gasteiger partial charge in [0, 0.05) is 0 Å². The van der Waals surface area contributed by atoms with E-state index in [4.69, 9.17) is 9.47 Å². The maximum atomic E-state index is 11.5. The summed E-state index contributed by atoms with van der Waals surface area (Å²) >= 11 is 0. The van der Waals surface area contributed by atoms with Gasteiger partial charge in [0.15, 0.2) is 0 Å². The summed E-state index contributed by atoms with van der Waals surface area (Å²) < 4.78 is 10.3. The van der Waals surface area contributed by atoms with Crippen molar-refractivity contribution in [2.75, 3.05) is 13.3 Å². The molecule has 0 aromatic rings. The molecule has 0 aromatic carbocycles. The van der Waals surface area contributed by atoms with Crippen molar-refractivity contribution in [2.45, 2.75) is 39.3 Å². The lowest BCUT2D eigenvalue weighted by Gasteiger charge is -2.25. The Morgan fingerprint density at radius 1 is 1.54 bits per heavy atom. The van der Waals surface area contributed by atoms with Crippen LogP contribution < -0.4 is 0 Å². The first-order valence-corrected chi connectivity index (χ1v) is 4.47. The van der Waals surface area contributed by atoms with Gasteiger partial charge in [0.05, 0.1) is 12.6 Å². The standard InChI is InChI=1S/C9H17NO3/c1-7-5-12-6-10(7)8(11)13-9(2,3)4/h7H,5-6H2,1-4H3/t7-/m1/s1. The normalized spacial score (nSPS) is 23.4. The summed E-state index contributed by atoms with van der Waals surface area (Å²) in [4.78, 5) is 13.1. The van der Waals surface area contributed by atoms with Gasteiger partial charge in [-0.2, -0.15) is 0 Å². The van der Waals surface area contributed by atoms with Crippen molar-refractivity contribution in [1.82, 2.24) is 4.90 Å². The van der Waals surface area contributed by atoms with Gasteiger partial charge in [-0.1, -0.05) is 0 Å². The van der Waals surface area contributed by atoms with E-state index in [1.54, 1.807) is 4.90 Å². The quantitative estimate of drug-likeness (QED) is 0.578. The molecule has 0 saturated carbocycles. The second-order valence-corrected chi connectivity index (χ2v) is 4.30. The average molecular weight is 187 g/mol. The minimum absolute atomic E-state index is 0.120. The highest BCUT2D eigenvalue weighted by atomic mass is 16.6. The van der Waals surface area contributed by atoms with E-state index in [0.717, 1.165) is 0 Å². The first-order chi connectivity index (χ1) is 5.90. The number of carbonyl (C=O) groups is 1. The van der Waals surface area contributed by atoms with E-state index in [1.807, 2.05) is 27.7 Å². The highest BCUT2D eigenvalue weighted by molar-refractivity contribution is 5.68. The van der Waals surface area contributed by atoms with Crippen molar-refractivity contribution in [3.05, 3.63) is 0 Å². The predicted molar refractivity (Wildman–Crippen MR) is 48.4 cm³/mol. The Balaban J connectivity index is 2.48. The molecule has 1 saturated heterocycles. The van der Waals surface area contributed by atoms with E-state index in [9.17, 15) is 4.79 Å². The molecule has 1 aliphatic rings. The Kier molecular flexibility index (Phi) is 2.81. The van der Waals surface area contributed by atoms with Crippen LogP contribution in [0, 0.1) is 0 Å². The molecule has 0 bridgehead atoms. The van der Waals surface area contributed by atoms with Crippen LogP contribution in [0.2, 0.25) is 0 Å². The summed E-state index contributed by atoms with van der Waals surface area (Å²) in [5.41, 5.74) is -0.431. The molecule has 13 heavy (non-hydrogen) atoms. The third-order valence-electron chi connectivity index (χ3n) is 1.75. The van der Waals surface area contributed by atoms with Gasteiger partial charge in [-0.05, 0) is 27.7 Å². The van der Waals surface area contributed by atoms with Gasteiger partial charge in [-0.3, -0.25) is 4.90 Å². The second-order valence-electron chi connectivity index (χ2n) is 4.30. The molecule has 0 radical (unpaired) electrons. The molecule has 76 valence electrons. The lowest BCUT2D eigenvalue weighted by Crippen LogP contribution is -2.39. The lowest BCUT2D eigenvalue weighted by atomic mass is 10.2. The summed E-state index contributed by atoms with van der Waals surface area (Å²) in [7, 11) is 0. The maximum absolute atomic E-state index is 11.5. The molecule has 4 heteroatoms. The Morgan fingerprint density at radius 2 is 2.15 bits per heavy atom. The maximum Gasteiger partial charge on any atom is 0.412 e. The Bertz CT molecular complexity index is 198. The SMILES string of the molecule is C[C@@H]1COCN1C(=O)OC(C)(C)C. The van der Waals surface area contributed by atoms with Crippen LogP contribution in [0.4, 0.5) is 4.79 Å². The highest BCUT2D eigenvalue weighted by Gasteiger charge is 2.29. The zero-order chi connectivity index (χ0) is 10.1. The summed E-state index contributed by atoms with van der Waals surface area (Å²) in [6.07, 6.45) is -0.294. The molecular formula is C9H17NO3. The van der Waals surface area contributed by atoms with Gasteiger partial charge >= 0.3 is 6.09 Å². The number of hydrogen-bond donors (Lipinski definition) is 0. The van der Waals surface area contributed by atoms with Crippen molar-refractivity contribution in [2.24, 2.45) is 0 Å². The van der Waals surface area contributed by atoms with Crippen LogP contribution in [0.5, 0.6) is 0 Å². The van der Waals surface area contributed by atoms with Gasteiger partial charge in [-0.25, -0.2) is 4.79 Å². The van der Waals surface area contributed by atoms with E-state index in [0.29, 0.717) is 13.3 Å². The fraction of sp³-hybridized carbons (Fsp3) is 0.889. The van der Waals surface area contributed by atoms with E-state index >= 15 is 0 Å². The van der Waals surface area contributed by atoms with Crippen LogP contribution in [0.15, 0.2) is 0 Å². The lowest BCUT2D eigenvalue weighted by molar-refractivity contribution is 0.0167. The number of ether oxygens (including phenoxy) is 2. The second kappa shape index (κ2) is 3.54. The van der Waals surface area contributed by atoms with E-state index < -0.39 is 5.60 Å². The monoisotopic (exact) mass is 187 g/mol. The van der Waals surface area contributed by atoms with E-state index in [2.05, 4.69) is 0 Å². The van der Waals surface area contributed by atoms with Crippen LogP contribution in [0.3, 0.4) is 0 Å². The van der Waals surface area contributed by atoms with Gasteiger partial charge < -0.3 is 9.47 Å². The highest BCUT2D eigenvalue weighted by Crippen LogP contribution is 2.15. The molecule has 0 unspecified atom stereocenters. The number of rotatable bonds is 0. The fourth-order valence-electron chi connectivity index (χ4n) is 1.09. The molecule has 1 amide bonds. The molecule has 4 nitrogen and oxygen atoms in total. The van der Waals surface area contributed by atoms with E-state index in [-0.39, 0.29) is 12.1 Å². The van der Waals surface area contributed by atoms with Crippen LogP contribution in [0.1, 0.15) is 27.7 Å². The number of carbonyl (C=O) groups excluding carboxylic acids is 1. The van der Waals surface area contributed by atoms with Crippen molar-refractivity contribution in [1.29, 1.82) is 0 Å². The van der Waals surface area contributed by atoms with Gasteiger partial charge in [0.25, 0.3) is 0 Å². The third-order valence-corrected chi connectivity index (χ3v) is 1.75. The van der Waals surface area contributed by atoms with Crippen molar-refractivity contribution in [3.63, 3.8) is 0 Å². The number of nitrogens with zero attached hydrogens (tertiary/aromatic N) is 1. The van der Waals surface area contributed by atoms with Crippen LogP contribution >= 0.6 is 0 Å². The Morgan fingerprint density at radius 3 is 2.54 bits per heavy atom. The summed E-state index contributed by atoms with van der Waals surface area (Å²) in [5.74, 6) is 0. The molecule has 1 heterocycles. The first-order valence-electron chi connectivity index (χ1n) is 4.47. The smallest absolute Gasteiger partial charge is 0.412 e. The van der Waals surface area contributed by atoms with Crippen LogP contribution in [0.25, 0.3) is 0 Å². The third kappa shape index (κ3) is 2.88.